The van der Waals surface area contributed by atoms with Gasteiger partial charge in [-0.3, -0.25) is 4.79 Å². The first kappa shape index (κ1) is 28.7. The van der Waals surface area contributed by atoms with Crippen molar-refractivity contribution in [3.8, 4) is 0 Å². The number of hydrogen-bond donors (Lipinski definition) is 3. The first-order valence-electron chi connectivity index (χ1n) is 13.9. The molecule has 0 saturated heterocycles. The van der Waals surface area contributed by atoms with Crippen LogP contribution in [0.25, 0.3) is 11.0 Å². The van der Waals surface area contributed by atoms with Crippen molar-refractivity contribution in [3.63, 3.8) is 0 Å². The molecular weight excluding hydrogens is 532 g/mol. The van der Waals surface area contributed by atoms with Gasteiger partial charge in [0.1, 0.15) is 16.6 Å². The second kappa shape index (κ2) is 10.5. The molecule has 11 heteroatoms. The van der Waals surface area contributed by atoms with Crippen LogP contribution in [-0.4, -0.2) is 37.0 Å². The Hall–Kier alpha value is -1.85. The van der Waals surface area contributed by atoms with Gasteiger partial charge in [-0.2, -0.15) is 0 Å². The number of rotatable bonds is 9. The van der Waals surface area contributed by atoms with Crippen LogP contribution in [0.4, 0.5) is 17.6 Å². The Morgan fingerprint density at radius 2 is 1.72 bits per heavy atom. The summed E-state index contributed by atoms with van der Waals surface area (Å²) in [5.74, 6) is -5.09. The van der Waals surface area contributed by atoms with E-state index >= 15 is 0 Å². The lowest BCUT2D eigenvalue weighted by Gasteiger charge is -2.35. The maximum absolute atomic E-state index is 13.9. The average Bonchev–Trinajstić information content (AvgIpc) is 3.57. The van der Waals surface area contributed by atoms with Crippen molar-refractivity contribution in [2.24, 2.45) is 17.8 Å². The molecule has 1 aromatic heterocycles. The molecule has 5 rings (SSSR count). The highest BCUT2D eigenvalue weighted by atomic mass is 32.2. The Balaban J connectivity index is 1.35. The third-order valence-electron chi connectivity index (χ3n) is 8.26. The maximum atomic E-state index is 13.9. The molecule has 1 heterocycles. The number of halogens is 4. The summed E-state index contributed by atoms with van der Waals surface area (Å²) in [5.41, 5.74) is 2.35. The number of aromatic nitrogens is 2. The SMILES string of the molecule is CC(C)(C)[S+]([O-])N[C@H](c1nc2ccc([C@H](NC(=O)CC3CC(F)(F)C3)C3CC3)cc2[nH]1)C1CCC(F)(F)CC1. The molecule has 0 spiro atoms. The number of nitrogens with zero attached hydrogens (tertiary/aromatic N) is 1. The van der Waals surface area contributed by atoms with Crippen LogP contribution in [-0.2, 0) is 16.2 Å². The predicted molar refractivity (Wildman–Crippen MR) is 143 cm³/mol. The topological polar surface area (TPSA) is 92.9 Å². The number of alkyl halides is 4. The number of hydrogen-bond acceptors (Lipinski definition) is 4. The van der Waals surface area contributed by atoms with Gasteiger partial charge in [-0.25, -0.2) is 22.5 Å². The van der Waals surface area contributed by atoms with Crippen molar-refractivity contribution in [2.45, 2.75) is 107 Å². The number of nitrogens with one attached hydrogen (secondary N) is 3. The lowest BCUT2D eigenvalue weighted by Crippen LogP contribution is -2.44. The van der Waals surface area contributed by atoms with E-state index < -0.39 is 34.0 Å². The van der Waals surface area contributed by atoms with Gasteiger partial charge >= 0.3 is 0 Å². The smallest absolute Gasteiger partial charge is 0.248 e. The Kier molecular flexibility index (Phi) is 7.74. The molecule has 1 amide bonds. The number of carbonyl (C=O) groups is 1. The highest BCUT2D eigenvalue weighted by Crippen LogP contribution is 2.46. The Morgan fingerprint density at radius 1 is 1.08 bits per heavy atom. The summed E-state index contributed by atoms with van der Waals surface area (Å²) in [5, 5.41) is 3.08. The van der Waals surface area contributed by atoms with E-state index in [0.29, 0.717) is 30.1 Å². The van der Waals surface area contributed by atoms with Gasteiger partial charge in [-0.1, -0.05) is 6.07 Å². The van der Waals surface area contributed by atoms with Crippen LogP contribution < -0.4 is 10.0 Å². The number of carbonyl (C=O) groups excluding carboxylic acids is 1. The molecule has 1 unspecified atom stereocenters. The van der Waals surface area contributed by atoms with Crippen LogP contribution >= 0.6 is 0 Å². The summed E-state index contributed by atoms with van der Waals surface area (Å²) >= 11 is -1.42. The van der Waals surface area contributed by atoms with E-state index in [4.69, 9.17) is 4.98 Å². The molecule has 2 aromatic rings. The standard InChI is InChI=1S/C28H38F4N4O2S/c1-26(2,3)39(38)36-24(18-8-10-27(29,30)11-9-18)25-33-20-7-6-19(13-21(20)34-25)23(17-4-5-17)35-22(37)12-16-14-28(31,32)15-16/h6-7,13,16-18,23-24,36H,4-5,8-12,14-15H2,1-3H3,(H,33,34)(H,35,37)/t23-,24+,39?/m1/s1. The number of aromatic amines is 1. The highest BCUT2D eigenvalue weighted by molar-refractivity contribution is 7.90. The molecule has 0 radical (unpaired) electrons. The van der Waals surface area contributed by atoms with E-state index in [-0.39, 0.29) is 55.9 Å². The van der Waals surface area contributed by atoms with Crippen molar-refractivity contribution in [3.05, 3.63) is 29.6 Å². The van der Waals surface area contributed by atoms with Crippen molar-refractivity contribution >= 4 is 28.3 Å². The van der Waals surface area contributed by atoms with Gasteiger partial charge < -0.3 is 14.9 Å². The quantitative estimate of drug-likeness (QED) is 0.238. The molecule has 216 valence electrons. The fourth-order valence-corrected chi connectivity index (χ4v) is 6.67. The molecule has 3 aliphatic carbocycles. The Labute approximate surface area is 229 Å². The van der Waals surface area contributed by atoms with Gasteiger partial charge in [0.05, 0.1) is 17.1 Å². The lowest BCUT2D eigenvalue weighted by molar-refractivity contribution is -0.134. The predicted octanol–water partition coefficient (Wildman–Crippen LogP) is 6.48. The van der Waals surface area contributed by atoms with E-state index in [0.717, 1.165) is 23.9 Å². The summed E-state index contributed by atoms with van der Waals surface area (Å²) in [4.78, 5) is 20.8. The van der Waals surface area contributed by atoms with Crippen LogP contribution in [0.1, 0.15) is 102 Å². The fourth-order valence-electron chi connectivity index (χ4n) is 5.78. The third kappa shape index (κ3) is 6.90. The minimum Gasteiger partial charge on any atom is -0.598 e. The zero-order valence-electron chi connectivity index (χ0n) is 22.7. The molecule has 6 nitrogen and oxygen atoms in total. The Morgan fingerprint density at radius 3 is 2.31 bits per heavy atom. The number of benzene rings is 1. The number of H-pyrrole nitrogens is 1. The van der Waals surface area contributed by atoms with Gasteiger partial charge in [-0.15, -0.1) is 4.72 Å². The van der Waals surface area contributed by atoms with Gasteiger partial charge in [0.15, 0.2) is 0 Å². The minimum atomic E-state index is -2.67. The number of imidazole rings is 1. The maximum Gasteiger partial charge on any atom is 0.248 e. The van der Waals surface area contributed by atoms with E-state index in [1.54, 1.807) is 0 Å². The van der Waals surface area contributed by atoms with Gasteiger partial charge in [-0.05, 0) is 81.9 Å². The van der Waals surface area contributed by atoms with Crippen molar-refractivity contribution in [2.75, 3.05) is 0 Å². The van der Waals surface area contributed by atoms with Gasteiger partial charge in [0.2, 0.25) is 17.8 Å². The molecule has 39 heavy (non-hydrogen) atoms. The zero-order chi connectivity index (χ0) is 28.2. The highest BCUT2D eigenvalue weighted by Gasteiger charge is 2.46. The third-order valence-corrected chi connectivity index (χ3v) is 9.84. The minimum absolute atomic E-state index is 0.105. The van der Waals surface area contributed by atoms with Crippen LogP contribution in [0.15, 0.2) is 18.2 Å². The van der Waals surface area contributed by atoms with Crippen LogP contribution in [0.5, 0.6) is 0 Å². The molecule has 3 atom stereocenters. The molecule has 3 N–H and O–H groups in total. The molecular formula is C28H38F4N4O2S. The summed E-state index contributed by atoms with van der Waals surface area (Å²) in [6.45, 7) is 5.57. The van der Waals surface area contributed by atoms with Crippen molar-refractivity contribution < 1.29 is 26.9 Å². The normalized spacial score (nSPS) is 24.2. The summed E-state index contributed by atoms with van der Waals surface area (Å²) < 4.78 is 69.9. The van der Waals surface area contributed by atoms with E-state index in [9.17, 15) is 26.9 Å². The van der Waals surface area contributed by atoms with E-state index in [1.807, 2.05) is 39.0 Å². The fraction of sp³-hybridized carbons (Fsp3) is 0.714. The first-order chi connectivity index (χ1) is 18.2. The van der Waals surface area contributed by atoms with Gasteiger partial charge in [0.25, 0.3) is 0 Å². The number of amides is 1. The van der Waals surface area contributed by atoms with Crippen LogP contribution in [0, 0.1) is 17.8 Å². The molecule has 3 fully saturated rings. The van der Waals surface area contributed by atoms with Gasteiger partial charge in [0, 0.05) is 43.5 Å². The second-order valence-corrected chi connectivity index (χ2v) is 14.8. The largest absolute Gasteiger partial charge is 0.598 e. The number of fused-ring (bicyclic) bond motifs is 1. The molecule has 3 saturated carbocycles. The molecule has 0 aliphatic heterocycles. The first-order valence-corrected chi connectivity index (χ1v) is 15.1. The molecule has 0 bridgehead atoms. The van der Waals surface area contributed by atoms with Crippen LogP contribution in [0.2, 0.25) is 0 Å². The summed E-state index contributed by atoms with van der Waals surface area (Å²) in [6.07, 6.45) is 1.80. The monoisotopic (exact) mass is 570 g/mol. The summed E-state index contributed by atoms with van der Waals surface area (Å²) in [6, 6.07) is 5.05. The van der Waals surface area contributed by atoms with E-state index in [1.165, 1.54) is 0 Å². The molecule has 1 aromatic carbocycles. The average molecular weight is 571 g/mol. The van der Waals surface area contributed by atoms with Crippen molar-refractivity contribution in [1.82, 2.24) is 20.0 Å². The second-order valence-electron chi connectivity index (χ2n) is 12.8. The Bertz CT molecular complexity index is 1180. The van der Waals surface area contributed by atoms with Crippen LogP contribution in [0.3, 0.4) is 0 Å². The summed E-state index contributed by atoms with van der Waals surface area (Å²) in [7, 11) is 0. The van der Waals surface area contributed by atoms with Crippen molar-refractivity contribution in [1.29, 1.82) is 0 Å². The lowest BCUT2D eigenvalue weighted by atomic mass is 9.79. The zero-order valence-corrected chi connectivity index (χ0v) is 23.5. The van der Waals surface area contributed by atoms with E-state index in [2.05, 4.69) is 15.0 Å². The molecule has 3 aliphatic rings.